The van der Waals surface area contributed by atoms with Crippen molar-refractivity contribution in [2.24, 2.45) is 0 Å². The zero-order valence-electron chi connectivity index (χ0n) is 22.1. The van der Waals surface area contributed by atoms with Gasteiger partial charge in [-0.05, 0) is 87.0 Å². The quantitative estimate of drug-likeness (QED) is 0.336. The maximum absolute atomic E-state index is 13.7. The molecule has 1 atom stereocenters. The summed E-state index contributed by atoms with van der Waals surface area (Å²) in [6, 6.07) is 21.3. The van der Waals surface area contributed by atoms with Crippen LogP contribution in [0.5, 0.6) is 0 Å². The molecule has 38 heavy (non-hydrogen) atoms. The first-order valence-electron chi connectivity index (χ1n) is 12.8. The highest BCUT2D eigenvalue weighted by molar-refractivity contribution is 6.42. The minimum absolute atomic E-state index is 0.00442. The van der Waals surface area contributed by atoms with E-state index in [9.17, 15) is 9.59 Å². The Morgan fingerprint density at radius 1 is 0.895 bits per heavy atom. The van der Waals surface area contributed by atoms with Crippen molar-refractivity contribution in [1.29, 1.82) is 0 Å². The number of carbonyl (C=O) groups is 2. The fourth-order valence-corrected chi connectivity index (χ4v) is 5.16. The Balaban J connectivity index is 1.70. The lowest BCUT2D eigenvalue weighted by Crippen LogP contribution is -2.44. The summed E-state index contributed by atoms with van der Waals surface area (Å²) < 4.78 is 0. The van der Waals surface area contributed by atoms with Crippen molar-refractivity contribution in [2.45, 2.75) is 25.8 Å². The van der Waals surface area contributed by atoms with E-state index in [1.165, 1.54) is 19.8 Å². The molecule has 3 aromatic rings. The Morgan fingerprint density at radius 2 is 1.50 bits per heavy atom. The Kier molecular flexibility index (Phi) is 9.44. The fourth-order valence-electron chi connectivity index (χ4n) is 4.87. The zero-order chi connectivity index (χ0) is 27.2. The van der Waals surface area contributed by atoms with Gasteiger partial charge in [0.05, 0.1) is 22.6 Å². The van der Waals surface area contributed by atoms with Crippen LogP contribution in [-0.4, -0.2) is 61.9 Å². The Morgan fingerprint density at radius 3 is 2.05 bits per heavy atom. The van der Waals surface area contributed by atoms with Crippen LogP contribution in [0, 0.1) is 0 Å². The van der Waals surface area contributed by atoms with Gasteiger partial charge in [0.25, 0.3) is 0 Å². The van der Waals surface area contributed by atoms with E-state index in [2.05, 4.69) is 34.5 Å². The lowest BCUT2D eigenvalue weighted by atomic mass is 9.98. The molecule has 0 spiro atoms. The number of rotatable bonds is 9. The second kappa shape index (κ2) is 12.8. The third-order valence-electron chi connectivity index (χ3n) is 6.68. The Hall–Kier alpha value is -2.90. The molecule has 1 heterocycles. The monoisotopic (exact) mass is 552 g/mol. The molecular weight excluding hydrogens is 519 g/mol. The summed E-state index contributed by atoms with van der Waals surface area (Å²) in [6.07, 6.45) is 2.33. The molecule has 0 radical (unpaired) electrons. The maximum Gasteiger partial charge on any atom is 0.241 e. The van der Waals surface area contributed by atoms with E-state index in [0.717, 1.165) is 47.7 Å². The number of nitrogens with zero attached hydrogens (tertiary/aromatic N) is 3. The topological polar surface area (TPSA) is 55.9 Å². The average molecular weight is 554 g/mol. The lowest BCUT2D eigenvalue weighted by Gasteiger charge is -2.36. The second-order valence-corrected chi connectivity index (χ2v) is 10.8. The second-order valence-electron chi connectivity index (χ2n) is 10.0. The number of halogens is 2. The van der Waals surface area contributed by atoms with Gasteiger partial charge in [-0.3, -0.25) is 9.59 Å². The summed E-state index contributed by atoms with van der Waals surface area (Å²) in [4.78, 5) is 31.2. The summed E-state index contributed by atoms with van der Waals surface area (Å²) in [6.45, 7) is 4.54. The number of likely N-dealkylation sites (tertiary alicyclic amines) is 1. The van der Waals surface area contributed by atoms with Crippen molar-refractivity contribution in [3.63, 3.8) is 0 Å². The molecule has 1 saturated heterocycles. The molecule has 1 unspecified atom stereocenters. The average Bonchev–Trinajstić information content (AvgIpc) is 3.39. The third kappa shape index (κ3) is 7.14. The van der Waals surface area contributed by atoms with Crippen LogP contribution in [-0.2, 0) is 9.59 Å². The minimum atomic E-state index is -0.200. The molecule has 6 nitrogen and oxygen atoms in total. The normalized spacial score (nSPS) is 14.5. The van der Waals surface area contributed by atoms with Gasteiger partial charge in [-0.1, -0.05) is 59.6 Å². The van der Waals surface area contributed by atoms with E-state index in [1.807, 2.05) is 54.2 Å². The molecular formula is C30H34Cl2N4O2. The van der Waals surface area contributed by atoms with Gasteiger partial charge in [-0.2, -0.15) is 0 Å². The number of nitrogens with one attached hydrogen (secondary N) is 1. The molecule has 1 aliphatic rings. The van der Waals surface area contributed by atoms with Crippen LogP contribution in [0.25, 0.3) is 11.1 Å². The Labute approximate surface area is 235 Å². The molecule has 4 rings (SSSR count). The van der Waals surface area contributed by atoms with E-state index in [-0.39, 0.29) is 24.4 Å². The number of hydrogen-bond acceptors (Lipinski definition) is 4. The van der Waals surface area contributed by atoms with Crippen molar-refractivity contribution in [3.8, 4) is 11.1 Å². The van der Waals surface area contributed by atoms with E-state index >= 15 is 0 Å². The van der Waals surface area contributed by atoms with Crippen LogP contribution < -0.4 is 10.2 Å². The molecule has 8 heteroatoms. The van der Waals surface area contributed by atoms with Crippen molar-refractivity contribution < 1.29 is 9.59 Å². The van der Waals surface area contributed by atoms with Crippen molar-refractivity contribution in [3.05, 3.63) is 82.3 Å². The Bertz CT molecular complexity index is 1260. The van der Waals surface area contributed by atoms with Gasteiger partial charge in [0.2, 0.25) is 11.8 Å². The molecule has 1 N–H and O–H groups in total. The maximum atomic E-state index is 13.7. The number of anilines is 2. The predicted molar refractivity (Wildman–Crippen MR) is 157 cm³/mol. The molecule has 1 aliphatic heterocycles. The summed E-state index contributed by atoms with van der Waals surface area (Å²) in [7, 11) is 3.79. The minimum Gasteiger partial charge on any atom is -0.326 e. The van der Waals surface area contributed by atoms with Gasteiger partial charge in [-0.25, -0.2) is 0 Å². The predicted octanol–water partition coefficient (Wildman–Crippen LogP) is 6.35. The zero-order valence-corrected chi connectivity index (χ0v) is 23.6. The number of hydrogen-bond donors (Lipinski definition) is 1. The van der Waals surface area contributed by atoms with Crippen LogP contribution in [0.2, 0.25) is 10.0 Å². The SMILES string of the molecule is CC(=O)Nc1ccc(-c2ccc(C(CN3CCCC3)N(C(=O)CN(C)C)c3ccc(Cl)c(Cl)c3)cc2)cc1. The van der Waals surface area contributed by atoms with Gasteiger partial charge >= 0.3 is 0 Å². The summed E-state index contributed by atoms with van der Waals surface area (Å²) in [5.74, 6) is -0.100. The van der Waals surface area contributed by atoms with Gasteiger partial charge in [0, 0.05) is 24.8 Å². The van der Waals surface area contributed by atoms with Crippen LogP contribution in [0.1, 0.15) is 31.4 Å². The molecule has 0 aromatic heterocycles. The summed E-state index contributed by atoms with van der Waals surface area (Å²) >= 11 is 12.6. The first kappa shape index (κ1) is 28.1. The number of carbonyl (C=O) groups excluding carboxylic acids is 2. The van der Waals surface area contributed by atoms with Crippen molar-refractivity contribution in [1.82, 2.24) is 9.80 Å². The highest BCUT2D eigenvalue weighted by Gasteiger charge is 2.30. The third-order valence-corrected chi connectivity index (χ3v) is 7.42. The van der Waals surface area contributed by atoms with E-state index in [1.54, 1.807) is 12.1 Å². The van der Waals surface area contributed by atoms with Gasteiger partial charge in [0.15, 0.2) is 0 Å². The molecule has 0 saturated carbocycles. The lowest BCUT2D eigenvalue weighted by molar-refractivity contribution is -0.120. The van der Waals surface area contributed by atoms with Crippen molar-refractivity contribution in [2.75, 3.05) is 50.5 Å². The highest BCUT2D eigenvalue weighted by Crippen LogP contribution is 2.34. The smallest absolute Gasteiger partial charge is 0.241 e. The van der Waals surface area contributed by atoms with E-state index in [0.29, 0.717) is 10.0 Å². The summed E-state index contributed by atoms with van der Waals surface area (Å²) in [5.41, 5.74) is 4.65. The molecule has 3 aromatic carbocycles. The molecule has 0 aliphatic carbocycles. The van der Waals surface area contributed by atoms with Crippen LogP contribution in [0.3, 0.4) is 0 Å². The number of benzene rings is 3. The van der Waals surface area contributed by atoms with Crippen LogP contribution in [0.4, 0.5) is 11.4 Å². The largest absolute Gasteiger partial charge is 0.326 e. The standard InChI is InChI=1S/C30H34Cl2N4O2/c1-21(37)33-25-12-10-23(11-13-25)22-6-8-24(9-7-22)29(19-35-16-4-5-17-35)36(30(38)20-34(2)3)26-14-15-27(31)28(32)18-26/h6-15,18,29H,4-5,16-17,19-20H2,1-3H3,(H,33,37). The first-order chi connectivity index (χ1) is 18.2. The van der Waals surface area contributed by atoms with E-state index in [4.69, 9.17) is 23.2 Å². The molecule has 200 valence electrons. The first-order valence-corrected chi connectivity index (χ1v) is 13.6. The van der Waals surface area contributed by atoms with Gasteiger partial charge in [-0.15, -0.1) is 0 Å². The van der Waals surface area contributed by atoms with Gasteiger partial charge < -0.3 is 20.0 Å². The van der Waals surface area contributed by atoms with Gasteiger partial charge in [0.1, 0.15) is 0 Å². The molecule has 1 fully saturated rings. The summed E-state index contributed by atoms with van der Waals surface area (Å²) in [5, 5.41) is 3.68. The van der Waals surface area contributed by atoms with Crippen LogP contribution in [0.15, 0.2) is 66.7 Å². The highest BCUT2D eigenvalue weighted by atomic mass is 35.5. The molecule has 0 bridgehead atoms. The molecule has 2 amide bonds. The van der Waals surface area contributed by atoms with Crippen molar-refractivity contribution >= 4 is 46.4 Å². The number of amides is 2. The van der Waals surface area contributed by atoms with Crippen LogP contribution >= 0.6 is 23.2 Å². The number of likely N-dealkylation sites (N-methyl/N-ethyl adjacent to an activating group) is 1. The van der Waals surface area contributed by atoms with E-state index < -0.39 is 0 Å². The fraction of sp³-hybridized carbons (Fsp3) is 0.333.